The molecule has 22 heavy (non-hydrogen) atoms. The van der Waals surface area contributed by atoms with Crippen LogP contribution in [0.15, 0.2) is 24.3 Å². The smallest absolute Gasteiger partial charge is 0.275 e. The number of carbonyl (C=O) groups is 1. The van der Waals surface area contributed by atoms with Gasteiger partial charge in [-0.25, -0.2) is 0 Å². The molecule has 1 amide bonds. The molecule has 0 unspecified atom stereocenters. The summed E-state index contributed by atoms with van der Waals surface area (Å²) in [5.74, 6) is -0.135. The first kappa shape index (κ1) is 13.7. The first-order chi connectivity index (χ1) is 10.7. The molecule has 0 radical (unpaired) electrons. The number of aliphatic hydroxyl groups is 1. The second kappa shape index (κ2) is 5.07. The molecule has 2 aliphatic heterocycles. The van der Waals surface area contributed by atoms with Crippen LogP contribution in [0.4, 0.5) is 0 Å². The zero-order valence-corrected chi connectivity index (χ0v) is 12.3. The van der Waals surface area contributed by atoms with Crippen molar-refractivity contribution in [3.8, 4) is 0 Å². The van der Waals surface area contributed by atoms with E-state index in [9.17, 15) is 9.90 Å². The van der Waals surface area contributed by atoms with E-state index in [1.54, 1.807) is 4.90 Å². The van der Waals surface area contributed by atoms with Crippen molar-refractivity contribution in [2.45, 2.75) is 31.0 Å². The number of piperidine rings is 1. The van der Waals surface area contributed by atoms with Crippen LogP contribution < -0.4 is 0 Å². The third-order valence-electron chi connectivity index (χ3n) is 4.90. The fourth-order valence-corrected chi connectivity index (χ4v) is 3.60. The van der Waals surface area contributed by atoms with Crippen molar-refractivity contribution in [1.82, 2.24) is 15.1 Å². The summed E-state index contributed by atoms with van der Waals surface area (Å²) in [7, 11) is 0. The number of hydrogen-bond donors (Lipinski definition) is 2. The number of aliphatic hydroxyl groups excluding tert-OH is 1. The zero-order chi connectivity index (χ0) is 15.2. The number of rotatable bonds is 1. The van der Waals surface area contributed by atoms with Crippen LogP contribution in [-0.4, -0.2) is 57.5 Å². The molecule has 1 aromatic heterocycles. The lowest BCUT2D eigenvalue weighted by Crippen LogP contribution is -2.56. The molecule has 2 aromatic rings. The standard InChI is InChI=1S/C16H19N3O3/c20-13-10-19(8-7-16(13)6-3-9-22-16)15(21)14-11-4-1-2-5-12(11)17-18-14/h1-2,4-5,13,20H,3,6-10H2,(H,17,18)/t13-,16-/m0/s1. The van der Waals surface area contributed by atoms with Crippen molar-refractivity contribution < 1.29 is 14.6 Å². The van der Waals surface area contributed by atoms with Crippen LogP contribution in [0.25, 0.3) is 10.9 Å². The molecular formula is C16H19N3O3. The number of nitrogens with zero attached hydrogens (tertiary/aromatic N) is 2. The lowest BCUT2D eigenvalue weighted by molar-refractivity contribution is -0.123. The maximum Gasteiger partial charge on any atom is 0.275 e. The summed E-state index contributed by atoms with van der Waals surface area (Å²) in [6, 6.07) is 7.57. The van der Waals surface area contributed by atoms with E-state index in [1.807, 2.05) is 24.3 Å². The lowest BCUT2D eigenvalue weighted by Gasteiger charge is -2.42. The largest absolute Gasteiger partial charge is 0.388 e. The van der Waals surface area contributed by atoms with Gasteiger partial charge in [0, 0.05) is 25.1 Å². The maximum atomic E-state index is 12.7. The van der Waals surface area contributed by atoms with Crippen LogP contribution in [0.2, 0.25) is 0 Å². The lowest BCUT2D eigenvalue weighted by atomic mass is 9.86. The van der Waals surface area contributed by atoms with Gasteiger partial charge < -0.3 is 14.7 Å². The molecule has 0 aliphatic carbocycles. The molecule has 2 aliphatic rings. The molecule has 116 valence electrons. The normalized spacial score (nSPS) is 28.6. The zero-order valence-electron chi connectivity index (χ0n) is 12.3. The second-order valence-corrected chi connectivity index (χ2v) is 6.15. The molecule has 6 nitrogen and oxygen atoms in total. The van der Waals surface area contributed by atoms with Crippen LogP contribution in [0.1, 0.15) is 29.8 Å². The summed E-state index contributed by atoms with van der Waals surface area (Å²) in [6.45, 7) is 1.60. The number of fused-ring (bicyclic) bond motifs is 1. The summed E-state index contributed by atoms with van der Waals surface area (Å²) in [5.41, 5.74) is 0.829. The molecule has 1 aromatic carbocycles. The first-order valence-corrected chi connectivity index (χ1v) is 7.74. The molecule has 2 atom stereocenters. The van der Waals surface area contributed by atoms with Gasteiger partial charge in [-0.05, 0) is 25.3 Å². The molecule has 4 rings (SSSR count). The molecule has 1 spiro atoms. The predicted octanol–water partition coefficient (Wildman–Crippen LogP) is 1.32. The average molecular weight is 301 g/mol. The Bertz CT molecular complexity index is 705. The quantitative estimate of drug-likeness (QED) is 0.832. The minimum Gasteiger partial charge on any atom is -0.388 e. The summed E-state index contributed by atoms with van der Waals surface area (Å²) in [5, 5.41) is 18.3. The first-order valence-electron chi connectivity index (χ1n) is 7.74. The van der Waals surface area contributed by atoms with Crippen molar-refractivity contribution in [1.29, 1.82) is 0 Å². The molecule has 2 saturated heterocycles. The average Bonchev–Trinajstić information content (AvgIpc) is 3.17. The monoisotopic (exact) mass is 301 g/mol. The van der Waals surface area contributed by atoms with Crippen LogP contribution in [0.3, 0.4) is 0 Å². The highest BCUT2D eigenvalue weighted by molar-refractivity contribution is 6.04. The number of amides is 1. The van der Waals surface area contributed by atoms with E-state index in [2.05, 4.69) is 10.2 Å². The maximum absolute atomic E-state index is 12.7. The fraction of sp³-hybridized carbons (Fsp3) is 0.500. The van der Waals surface area contributed by atoms with Gasteiger partial charge in [-0.2, -0.15) is 5.10 Å². The van der Waals surface area contributed by atoms with Gasteiger partial charge in [-0.1, -0.05) is 18.2 Å². The van der Waals surface area contributed by atoms with Gasteiger partial charge in [0.05, 0.1) is 11.1 Å². The molecule has 0 saturated carbocycles. The van der Waals surface area contributed by atoms with Gasteiger partial charge in [0.25, 0.3) is 5.91 Å². The number of carbonyl (C=O) groups excluding carboxylic acids is 1. The number of H-pyrrole nitrogens is 1. The van der Waals surface area contributed by atoms with E-state index < -0.39 is 11.7 Å². The minimum absolute atomic E-state index is 0.135. The number of nitrogens with one attached hydrogen (secondary N) is 1. The number of para-hydroxylation sites is 1. The molecule has 0 bridgehead atoms. The Morgan fingerprint density at radius 1 is 1.41 bits per heavy atom. The highest BCUT2D eigenvalue weighted by Gasteiger charge is 2.46. The van der Waals surface area contributed by atoms with Crippen LogP contribution in [-0.2, 0) is 4.74 Å². The van der Waals surface area contributed by atoms with Gasteiger partial charge in [-0.3, -0.25) is 9.89 Å². The van der Waals surface area contributed by atoms with Gasteiger partial charge in [0.1, 0.15) is 6.10 Å². The van der Waals surface area contributed by atoms with E-state index in [0.717, 1.165) is 23.7 Å². The summed E-state index contributed by atoms with van der Waals surface area (Å²) in [6.07, 6.45) is 1.91. The topological polar surface area (TPSA) is 78.5 Å². The van der Waals surface area contributed by atoms with Crippen molar-refractivity contribution >= 4 is 16.8 Å². The molecule has 2 fully saturated rings. The Morgan fingerprint density at radius 2 is 2.27 bits per heavy atom. The molecular weight excluding hydrogens is 282 g/mol. The SMILES string of the molecule is O=C(c1n[nH]c2ccccc12)N1CC[C@@]2(CCCO2)[C@@H](O)C1. The van der Waals surface area contributed by atoms with E-state index in [0.29, 0.717) is 31.8 Å². The van der Waals surface area contributed by atoms with Crippen LogP contribution >= 0.6 is 0 Å². The van der Waals surface area contributed by atoms with Crippen molar-refractivity contribution in [3.05, 3.63) is 30.0 Å². The Kier molecular flexibility index (Phi) is 3.16. The van der Waals surface area contributed by atoms with Crippen LogP contribution in [0, 0.1) is 0 Å². The van der Waals surface area contributed by atoms with E-state index in [-0.39, 0.29) is 5.91 Å². The van der Waals surface area contributed by atoms with Gasteiger partial charge in [0.2, 0.25) is 0 Å². The Labute approximate surface area is 128 Å². The number of likely N-dealkylation sites (tertiary alicyclic amines) is 1. The van der Waals surface area contributed by atoms with E-state index in [4.69, 9.17) is 4.74 Å². The Hall–Kier alpha value is -1.92. The van der Waals surface area contributed by atoms with E-state index >= 15 is 0 Å². The third kappa shape index (κ3) is 2.02. The summed E-state index contributed by atoms with van der Waals surface area (Å²) >= 11 is 0. The number of aromatic nitrogens is 2. The molecule has 2 N–H and O–H groups in total. The van der Waals surface area contributed by atoms with Crippen LogP contribution in [0.5, 0.6) is 0 Å². The van der Waals surface area contributed by atoms with Gasteiger partial charge in [-0.15, -0.1) is 0 Å². The van der Waals surface area contributed by atoms with Gasteiger partial charge >= 0.3 is 0 Å². The third-order valence-corrected chi connectivity index (χ3v) is 4.90. The van der Waals surface area contributed by atoms with Gasteiger partial charge in [0.15, 0.2) is 5.69 Å². The molecule has 6 heteroatoms. The number of aromatic amines is 1. The summed E-state index contributed by atoms with van der Waals surface area (Å²) < 4.78 is 5.77. The minimum atomic E-state index is -0.627. The van der Waals surface area contributed by atoms with Crippen molar-refractivity contribution in [2.75, 3.05) is 19.7 Å². The predicted molar refractivity (Wildman–Crippen MR) is 80.5 cm³/mol. The highest BCUT2D eigenvalue weighted by atomic mass is 16.5. The Balaban J connectivity index is 1.57. The van der Waals surface area contributed by atoms with E-state index in [1.165, 1.54) is 0 Å². The fourth-order valence-electron chi connectivity index (χ4n) is 3.60. The van der Waals surface area contributed by atoms with Crippen molar-refractivity contribution in [3.63, 3.8) is 0 Å². The number of hydrogen-bond acceptors (Lipinski definition) is 4. The highest BCUT2D eigenvalue weighted by Crippen LogP contribution is 2.36. The number of ether oxygens (including phenoxy) is 1. The molecule has 3 heterocycles. The van der Waals surface area contributed by atoms with Crippen molar-refractivity contribution in [2.24, 2.45) is 0 Å². The number of β-amino-alcohol motifs (C(OH)–C–C–N with tert-alkyl or cyclic N) is 1. The Morgan fingerprint density at radius 3 is 3.05 bits per heavy atom. The summed E-state index contributed by atoms with van der Waals surface area (Å²) in [4.78, 5) is 14.4. The second-order valence-electron chi connectivity index (χ2n) is 6.15. The number of benzene rings is 1.